The first kappa shape index (κ1) is 36.9. The monoisotopic (exact) mass is 539 g/mol. The number of esters is 1. The average Bonchev–Trinajstić information content (AvgIpc) is 2.90. The lowest BCUT2D eigenvalue weighted by Crippen LogP contribution is -2.39. The average molecular weight is 540 g/mol. The van der Waals surface area contributed by atoms with Gasteiger partial charge in [0.2, 0.25) is 0 Å². The van der Waals surface area contributed by atoms with Gasteiger partial charge >= 0.3 is 11.9 Å². The molecular weight excluding hydrogens is 474 g/mol. The number of nitrogens with one attached hydrogen (secondary N) is 1. The molecule has 0 amide bonds. The first-order chi connectivity index (χ1) is 18.6. The number of unbranched alkanes of at least 4 members (excludes halogenated alkanes) is 23. The molecule has 0 saturated carbocycles. The molecular formula is C33H65NO4. The summed E-state index contributed by atoms with van der Waals surface area (Å²) in [4.78, 5) is 23.6. The highest BCUT2D eigenvalue weighted by Crippen LogP contribution is 2.13. The third-order valence-electron chi connectivity index (χ3n) is 7.60. The van der Waals surface area contributed by atoms with Gasteiger partial charge in [-0.3, -0.25) is 9.59 Å². The normalized spacial score (nSPS) is 12.1. The van der Waals surface area contributed by atoms with E-state index >= 15 is 0 Å². The first-order valence-corrected chi connectivity index (χ1v) is 16.7. The van der Waals surface area contributed by atoms with Crippen molar-refractivity contribution < 1.29 is 19.4 Å². The van der Waals surface area contributed by atoms with Crippen LogP contribution in [0.4, 0.5) is 0 Å². The molecule has 5 nitrogen and oxygen atoms in total. The predicted molar refractivity (Wildman–Crippen MR) is 162 cm³/mol. The van der Waals surface area contributed by atoms with Crippen molar-refractivity contribution >= 4 is 11.9 Å². The second-order valence-corrected chi connectivity index (χ2v) is 11.4. The molecule has 0 radical (unpaired) electrons. The van der Waals surface area contributed by atoms with Gasteiger partial charge in [0, 0.05) is 0 Å². The van der Waals surface area contributed by atoms with Crippen LogP contribution in [0.3, 0.4) is 0 Å². The number of carboxylic acid groups (broad SMARTS) is 1. The molecule has 1 unspecified atom stereocenters. The predicted octanol–water partition coefficient (Wildman–Crippen LogP) is 9.75. The molecule has 0 rings (SSSR count). The maximum Gasteiger partial charge on any atom is 0.321 e. The molecule has 0 spiro atoms. The van der Waals surface area contributed by atoms with Crippen LogP contribution in [0.15, 0.2) is 0 Å². The molecule has 0 saturated heterocycles. The van der Waals surface area contributed by atoms with Crippen LogP contribution in [-0.2, 0) is 14.3 Å². The van der Waals surface area contributed by atoms with Crippen molar-refractivity contribution in [2.45, 2.75) is 187 Å². The highest BCUT2D eigenvalue weighted by Gasteiger charge is 2.21. The van der Waals surface area contributed by atoms with Crippen molar-refractivity contribution in [3.8, 4) is 0 Å². The lowest BCUT2D eigenvalue weighted by Gasteiger charge is -2.14. The van der Waals surface area contributed by atoms with Crippen LogP contribution in [0.25, 0.3) is 0 Å². The summed E-state index contributed by atoms with van der Waals surface area (Å²) in [5.74, 6) is -1.37. The van der Waals surface area contributed by atoms with E-state index in [1.807, 2.05) is 0 Å². The standard InChI is InChI=1S/C33H65NO4/c1-3-5-7-9-11-13-15-16-17-19-21-23-25-27-29-38-32(35)30-31(33(36)37)34-28-26-24-22-20-18-14-12-10-8-6-4-2/h31,34H,3-30H2,1-2H3,(H,36,37). The van der Waals surface area contributed by atoms with Crippen LogP contribution >= 0.6 is 0 Å². The summed E-state index contributed by atoms with van der Waals surface area (Å²) < 4.78 is 5.30. The third kappa shape index (κ3) is 27.9. The molecule has 0 bridgehead atoms. The Bertz CT molecular complexity index is 511. The zero-order valence-corrected chi connectivity index (χ0v) is 25.5. The van der Waals surface area contributed by atoms with Gasteiger partial charge in [0.1, 0.15) is 6.04 Å². The summed E-state index contributed by atoms with van der Waals surface area (Å²) in [5.41, 5.74) is 0. The van der Waals surface area contributed by atoms with Crippen molar-refractivity contribution in [3.63, 3.8) is 0 Å². The number of aliphatic carboxylic acids is 1. The van der Waals surface area contributed by atoms with E-state index in [9.17, 15) is 14.7 Å². The van der Waals surface area contributed by atoms with E-state index in [4.69, 9.17) is 4.74 Å². The van der Waals surface area contributed by atoms with Gasteiger partial charge in [0.15, 0.2) is 0 Å². The van der Waals surface area contributed by atoms with Crippen molar-refractivity contribution in [1.82, 2.24) is 5.32 Å². The zero-order valence-electron chi connectivity index (χ0n) is 25.5. The Kier molecular flexibility index (Phi) is 29.6. The molecule has 38 heavy (non-hydrogen) atoms. The summed E-state index contributed by atoms with van der Waals surface area (Å²) in [7, 11) is 0. The second-order valence-electron chi connectivity index (χ2n) is 11.4. The highest BCUT2D eigenvalue weighted by molar-refractivity contribution is 5.81. The maximum absolute atomic E-state index is 12.1. The van der Waals surface area contributed by atoms with Crippen LogP contribution < -0.4 is 5.32 Å². The minimum absolute atomic E-state index is 0.0913. The molecule has 0 aromatic rings. The third-order valence-corrected chi connectivity index (χ3v) is 7.60. The van der Waals surface area contributed by atoms with Crippen LogP contribution in [-0.4, -0.2) is 36.2 Å². The topological polar surface area (TPSA) is 75.6 Å². The summed E-state index contributed by atoms with van der Waals surface area (Å²) in [6.45, 7) is 5.56. The Morgan fingerprint density at radius 1 is 0.553 bits per heavy atom. The second kappa shape index (κ2) is 30.4. The smallest absolute Gasteiger partial charge is 0.321 e. The van der Waals surface area contributed by atoms with E-state index in [0.717, 1.165) is 25.7 Å². The van der Waals surface area contributed by atoms with Gasteiger partial charge in [0.05, 0.1) is 13.0 Å². The molecule has 0 aromatic carbocycles. The fourth-order valence-electron chi connectivity index (χ4n) is 5.02. The SMILES string of the molecule is CCCCCCCCCCCCCCCCOC(=O)CC(NCCCCCCCCCCCCC)C(=O)O. The van der Waals surface area contributed by atoms with Crippen LogP contribution in [0.1, 0.15) is 181 Å². The Morgan fingerprint density at radius 3 is 1.26 bits per heavy atom. The van der Waals surface area contributed by atoms with Crippen LogP contribution in [0.2, 0.25) is 0 Å². The molecule has 226 valence electrons. The summed E-state index contributed by atoms with van der Waals surface area (Å²) in [6, 6.07) is -0.845. The molecule has 0 fully saturated rings. The number of hydrogen-bond acceptors (Lipinski definition) is 4. The Hall–Kier alpha value is -1.10. The number of hydrogen-bond donors (Lipinski definition) is 2. The summed E-state index contributed by atoms with van der Waals surface area (Å²) >= 11 is 0. The minimum Gasteiger partial charge on any atom is -0.480 e. The molecule has 1 atom stereocenters. The number of rotatable bonds is 31. The molecule has 2 N–H and O–H groups in total. The largest absolute Gasteiger partial charge is 0.480 e. The van der Waals surface area contributed by atoms with Crippen LogP contribution in [0, 0.1) is 0 Å². The minimum atomic E-state index is -0.971. The Balaban J connectivity index is 3.53. The number of carbonyl (C=O) groups excluding carboxylic acids is 1. The van der Waals surface area contributed by atoms with E-state index < -0.39 is 18.0 Å². The lowest BCUT2D eigenvalue weighted by molar-refractivity contribution is -0.149. The number of carbonyl (C=O) groups is 2. The molecule has 0 aliphatic carbocycles. The molecule has 5 heteroatoms. The highest BCUT2D eigenvalue weighted by atomic mass is 16.5. The fraction of sp³-hybridized carbons (Fsp3) is 0.939. The number of carboxylic acids is 1. The first-order valence-electron chi connectivity index (χ1n) is 16.7. The summed E-state index contributed by atoms with van der Waals surface area (Å²) in [6.07, 6.45) is 32.0. The molecule has 0 aromatic heterocycles. The van der Waals surface area contributed by atoms with E-state index in [-0.39, 0.29) is 6.42 Å². The van der Waals surface area contributed by atoms with Gasteiger partial charge in [-0.05, 0) is 19.4 Å². The number of ether oxygens (including phenoxy) is 1. The van der Waals surface area contributed by atoms with Gasteiger partial charge in [-0.1, -0.05) is 162 Å². The Labute approximate surface area is 236 Å². The molecule has 0 aliphatic rings. The van der Waals surface area contributed by atoms with Crippen molar-refractivity contribution in [1.29, 1.82) is 0 Å². The van der Waals surface area contributed by atoms with Crippen LogP contribution in [0.5, 0.6) is 0 Å². The van der Waals surface area contributed by atoms with Gasteiger partial charge in [-0.15, -0.1) is 0 Å². The molecule has 0 heterocycles. The summed E-state index contributed by atoms with van der Waals surface area (Å²) in [5, 5.41) is 12.5. The van der Waals surface area contributed by atoms with Gasteiger partial charge in [-0.25, -0.2) is 0 Å². The van der Waals surface area contributed by atoms with E-state index in [0.29, 0.717) is 13.2 Å². The van der Waals surface area contributed by atoms with Crippen molar-refractivity contribution in [2.24, 2.45) is 0 Å². The van der Waals surface area contributed by atoms with Gasteiger partial charge in [0.25, 0.3) is 0 Å². The maximum atomic E-state index is 12.1. The zero-order chi connectivity index (χ0) is 27.9. The van der Waals surface area contributed by atoms with E-state index in [2.05, 4.69) is 19.2 Å². The van der Waals surface area contributed by atoms with Gasteiger partial charge < -0.3 is 15.2 Å². The lowest BCUT2D eigenvalue weighted by atomic mass is 10.0. The fourth-order valence-corrected chi connectivity index (χ4v) is 5.02. The quantitative estimate of drug-likeness (QED) is 0.0677. The molecule has 0 aliphatic heterocycles. The van der Waals surface area contributed by atoms with Crippen molar-refractivity contribution in [3.05, 3.63) is 0 Å². The van der Waals surface area contributed by atoms with Crippen molar-refractivity contribution in [2.75, 3.05) is 13.2 Å². The van der Waals surface area contributed by atoms with E-state index in [1.54, 1.807) is 0 Å². The Morgan fingerprint density at radius 2 is 0.895 bits per heavy atom. The van der Waals surface area contributed by atoms with E-state index in [1.165, 1.54) is 135 Å². The van der Waals surface area contributed by atoms with Gasteiger partial charge in [-0.2, -0.15) is 0 Å².